The number of amides is 1. The lowest BCUT2D eigenvalue weighted by Gasteiger charge is -2.43. The van der Waals surface area contributed by atoms with Gasteiger partial charge in [-0.05, 0) is 5.56 Å². The van der Waals surface area contributed by atoms with Crippen LogP contribution < -0.4 is 5.32 Å². The van der Waals surface area contributed by atoms with Crippen LogP contribution in [-0.4, -0.2) is 68.0 Å². The molecule has 146 valence electrons. The molecule has 0 aromatic heterocycles. The predicted octanol–water partition coefficient (Wildman–Crippen LogP) is -0.869. The summed E-state index contributed by atoms with van der Waals surface area (Å²) in [6.07, 6.45) is -4.29. The van der Waals surface area contributed by atoms with E-state index < -0.39 is 53.3 Å². The highest BCUT2D eigenvalue weighted by atomic mass is 32.2. The Labute approximate surface area is 152 Å². The summed E-state index contributed by atoms with van der Waals surface area (Å²) in [5, 5.41) is 22.5. The molecule has 0 bridgehead atoms. The molecule has 0 radical (unpaired) electrons. The van der Waals surface area contributed by atoms with Crippen molar-refractivity contribution in [2.75, 3.05) is 12.9 Å². The van der Waals surface area contributed by atoms with E-state index in [2.05, 4.69) is 5.32 Å². The normalized spacial score (nSPS) is 29.3. The van der Waals surface area contributed by atoms with Gasteiger partial charge in [0.05, 0.1) is 19.5 Å². The molecule has 1 aromatic rings. The molecular weight excluding hydrogens is 366 g/mol. The fraction of sp³-hybridized carbons (Fsp3) is 0.562. The zero-order valence-electron chi connectivity index (χ0n) is 14.4. The number of carbonyl (C=O) groups excluding carboxylic acids is 1. The molecule has 1 amide bonds. The van der Waals surface area contributed by atoms with Crippen LogP contribution in [0, 0.1) is 0 Å². The summed E-state index contributed by atoms with van der Waals surface area (Å²) in [5.41, 5.74) is 0.835. The van der Waals surface area contributed by atoms with Gasteiger partial charge in [-0.3, -0.25) is 8.98 Å². The Hall–Kier alpha value is -1.56. The van der Waals surface area contributed by atoms with Crippen molar-refractivity contribution < 1.29 is 37.1 Å². The van der Waals surface area contributed by atoms with Crippen LogP contribution in [0.4, 0.5) is 0 Å². The Balaban J connectivity index is 2.18. The zero-order valence-corrected chi connectivity index (χ0v) is 15.3. The molecule has 1 heterocycles. The van der Waals surface area contributed by atoms with Gasteiger partial charge in [0.25, 0.3) is 10.1 Å². The van der Waals surface area contributed by atoms with Crippen LogP contribution in [0.3, 0.4) is 0 Å². The maximum atomic E-state index is 11.5. The summed E-state index contributed by atoms with van der Waals surface area (Å²) in [6, 6.07) is 8.07. The van der Waals surface area contributed by atoms with Gasteiger partial charge in [0.1, 0.15) is 24.4 Å². The number of aliphatic hydroxyl groups excluding tert-OH is 2. The molecule has 0 saturated carbocycles. The molecule has 10 heteroatoms. The van der Waals surface area contributed by atoms with Crippen molar-refractivity contribution >= 4 is 16.0 Å². The van der Waals surface area contributed by atoms with Crippen molar-refractivity contribution in [1.82, 2.24) is 5.32 Å². The molecule has 1 fully saturated rings. The lowest BCUT2D eigenvalue weighted by molar-refractivity contribution is -0.268. The van der Waals surface area contributed by atoms with Crippen molar-refractivity contribution in [3.8, 4) is 0 Å². The van der Waals surface area contributed by atoms with E-state index in [0.717, 1.165) is 11.8 Å². The summed E-state index contributed by atoms with van der Waals surface area (Å²) in [7, 11) is -3.93. The number of carbonyl (C=O) groups is 1. The van der Waals surface area contributed by atoms with E-state index in [1.807, 2.05) is 30.3 Å². The third kappa shape index (κ3) is 5.73. The molecule has 0 spiro atoms. The van der Waals surface area contributed by atoms with Gasteiger partial charge in [-0.25, -0.2) is 0 Å². The average molecular weight is 389 g/mol. The lowest BCUT2D eigenvalue weighted by atomic mass is 9.97. The smallest absolute Gasteiger partial charge is 0.264 e. The largest absolute Gasteiger partial charge is 0.394 e. The predicted molar refractivity (Wildman–Crippen MR) is 90.3 cm³/mol. The first-order chi connectivity index (χ1) is 12.2. The van der Waals surface area contributed by atoms with E-state index in [-0.39, 0.29) is 6.61 Å². The van der Waals surface area contributed by atoms with Crippen LogP contribution in [0.2, 0.25) is 0 Å². The van der Waals surface area contributed by atoms with E-state index in [0.29, 0.717) is 0 Å². The molecule has 1 aromatic carbocycles. The number of aliphatic hydroxyl groups is 2. The number of nitrogens with one attached hydrogen (secondary N) is 1. The second kappa shape index (κ2) is 8.89. The van der Waals surface area contributed by atoms with Gasteiger partial charge in [-0.2, -0.15) is 8.42 Å². The van der Waals surface area contributed by atoms with Crippen molar-refractivity contribution in [2.45, 2.75) is 44.2 Å². The fourth-order valence-electron chi connectivity index (χ4n) is 2.67. The van der Waals surface area contributed by atoms with Gasteiger partial charge in [-0.1, -0.05) is 30.3 Å². The van der Waals surface area contributed by atoms with Crippen LogP contribution in [0.25, 0.3) is 0 Å². The average Bonchev–Trinajstić information content (AvgIpc) is 2.57. The topological polar surface area (TPSA) is 131 Å². The Morgan fingerprint density at radius 2 is 1.96 bits per heavy atom. The number of hydrogen-bond acceptors (Lipinski definition) is 8. The minimum atomic E-state index is -3.93. The fourth-order valence-corrected chi connectivity index (χ4v) is 3.31. The van der Waals surface area contributed by atoms with Gasteiger partial charge in [0.15, 0.2) is 6.29 Å². The van der Waals surface area contributed by atoms with E-state index in [1.54, 1.807) is 0 Å². The van der Waals surface area contributed by atoms with Gasteiger partial charge in [0, 0.05) is 6.92 Å². The monoisotopic (exact) mass is 389 g/mol. The summed E-state index contributed by atoms with van der Waals surface area (Å²) < 4.78 is 38.9. The SMILES string of the molecule is CC(=O)NC1C(OCc2ccccc2)OC(CO)[C@@H](OS(C)(=O)=O)C1O. The summed E-state index contributed by atoms with van der Waals surface area (Å²) in [6.45, 7) is 0.769. The molecule has 1 aliphatic rings. The number of rotatable bonds is 7. The van der Waals surface area contributed by atoms with E-state index in [1.165, 1.54) is 6.92 Å². The molecule has 9 nitrogen and oxygen atoms in total. The highest BCUT2D eigenvalue weighted by Gasteiger charge is 2.48. The van der Waals surface area contributed by atoms with E-state index in [4.69, 9.17) is 13.7 Å². The number of benzene rings is 1. The summed E-state index contributed by atoms with van der Waals surface area (Å²) in [5.74, 6) is -0.466. The molecule has 4 unspecified atom stereocenters. The van der Waals surface area contributed by atoms with Crippen molar-refractivity contribution in [2.24, 2.45) is 0 Å². The molecule has 5 atom stereocenters. The first-order valence-corrected chi connectivity index (χ1v) is 9.78. The summed E-state index contributed by atoms with van der Waals surface area (Å²) in [4.78, 5) is 11.5. The van der Waals surface area contributed by atoms with E-state index >= 15 is 0 Å². The molecule has 26 heavy (non-hydrogen) atoms. The first-order valence-electron chi connectivity index (χ1n) is 7.96. The lowest BCUT2D eigenvalue weighted by Crippen LogP contribution is -2.65. The second-order valence-corrected chi connectivity index (χ2v) is 7.60. The highest BCUT2D eigenvalue weighted by Crippen LogP contribution is 2.26. The Morgan fingerprint density at radius 3 is 2.50 bits per heavy atom. The van der Waals surface area contributed by atoms with Gasteiger partial charge >= 0.3 is 0 Å². The molecular formula is C16H23NO8S. The van der Waals surface area contributed by atoms with Crippen LogP contribution in [-0.2, 0) is 35.2 Å². The molecule has 1 aliphatic heterocycles. The second-order valence-electron chi connectivity index (χ2n) is 6.00. The maximum Gasteiger partial charge on any atom is 0.264 e. The number of hydrogen-bond donors (Lipinski definition) is 3. The molecule has 3 N–H and O–H groups in total. The number of ether oxygens (including phenoxy) is 2. The molecule has 0 aliphatic carbocycles. The minimum Gasteiger partial charge on any atom is -0.394 e. The van der Waals surface area contributed by atoms with Gasteiger partial charge in [-0.15, -0.1) is 0 Å². The Morgan fingerprint density at radius 1 is 1.31 bits per heavy atom. The van der Waals surface area contributed by atoms with Crippen molar-refractivity contribution in [1.29, 1.82) is 0 Å². The van der Waals surface area contributed by atoms with Gasteiger partial charge < -0.3 is 25.0 Å². The van der Waals surface area contributed by atoms with Crippen molar-refractivity contribution in [3.05, 3.63) is 35.9 Å². The van der Waals surface area contributed by atoms with Crippen molar-refractivity contribution in [3.63, 3.8) is 0 Å². The standard InChI is InChI=1S/C16H23NO8S/c1-10(19)17-13-14(20)15(25-26(2,21)22)12(8-18)24-16(13)23-9-11-6-4-3-5-7-11/h3-7,12-16,18,20H,8-9H2,1-2H3,(H,17,19)/t12?,13?,14?,15-,16?/m1/s1. The maximum absolute atomic E-state index is 11.5. The van der Waals surface area contributed by atoms with Crippen LogP contribution in [0.1, 0.15) is 12.5 Å². The van der Waals surface area contributed by atoms with Gasteiger partial charge in [0.2, 0.25) is 5.91 Å². The highest BCUT2D eigenvalue weighted by molar-refractivity contribution is 7.86. The van der Waals surface area contributed by atoms with E-state index in [9.17, 15) is 23.4 Å². The Bertz CT molecular complexity index is 695. The Kier molecular flexibility index (Phi) is 7.09. The zero-order chi connectivity index (χ0) is 19.3. The van der Waals surface area contributed by atoms with Crippen LogP contribution >= 0.6 is 0 Å². The molecule has 2 rings (SSSR count). The third-order valence-corrected chi connectivity index (χ3v) is 4.34. The third-order valence-electron chi connectivity index (χ3n) is 3.77. The molecule has 1 saturated heterocycles. The minimum absolute atomic E-state index is 0.129. The quantitative estimate of drug-likeness (QED) is 0.513. The van der Waals surface area contributed by atoms with Crippen LogP contribution in [0.5, 0.6) is 0 Å². The van der Waals surface area contributed by atoms with Crippen LogP contribution in [0.15, 0.2) is 30.3 Å². The first kappa shape index (κ1) is 20.7. The summed E-state index contributed by atoms with van der Waals surface area (Å²) >= 11 is 0.